The SMILES string of the molecule is CNC1(Cc2ccc(OC)c(OC)c2)CCCC1. The van der Waals surface area contributed by atoms with Crippen LogP contribution >= 0.6 is 0 Å². The van der Waals surface area contributed by atoms with Crippen LogP contribution in [-0.4, -0.2) is 26.8 Å². The Morgan fingerprint density at radius 1 is 1.11 bits per heavy atom. The highest BCUT2D eigenvalue weighted by Gasteiger charge is 2.32. The van der Waals surface area contributed by atoms with Crippen LogP contribution in [0.25, 0.3) is 0 Å². The minimum Gasteiger partial charge on any atom is -0.493 e. The van der Waals surface area contributed by atoms with Gasteiger partial charge in [-0.25, -0.2) is 0 Å². The van der Waals surface area contributed by atoms with E-state index in [1.165, 1.54) is 31.2 Å². The van der Waals surface area contributed by atoms with Crippen LogP contribution in [0.2, 0.25) is 0 Å². The molecule has 1 saturated carbocycles. The third-order valence-electron chi connectivity index (χ3n) is 4.08. The Morgan fingerprint density at radius 2 is 1.78 bits per heavy atom. The number of hydrogen-bond acceptors (Lipinski definition) is 3. The lowest BCUT2D eigenvalue weighted by Crippen LogP contribution is -2.42. The quantitative estimate of drug-likeness (QED) is 0.870. The van der Waals surface area contributed by atoms with Gasteiger partial charge in [-0.15, -0.1) is 0 Å². The molecule has 0 bridgehead atoms. The van der Waals surface area contributed by atoms with Gasteiger partial charge in [-0.3, -0.25) is 0 Å². The van der Waals surface area contributed by atoms with Gasteiger partial charge in [0, 0.05) is 5.54 Å². The molecule has 1 fully saturated rings. The van der Waals surface area contributed by atoms with Gasteiger partial charge in [0.2, 0.25) is 0 Å². The normalized spacial score (nSPS) is 17.7. The van der Waals surface area contributed by atoms with Crippen molar-refractivity contribution in [2.75, 3.05) is 21.3 Å². The second-order valence-corrected chi connectivity index (χ2v) is 5.10. The first-order valence-corrected chi connectivity index (χ1v) is 6.63. The van der Waals surface area contributed by atoms with Crippen LogP contribution in [0.1, 0.15) is 31.2 Å². The largest absolute Gasteiger partial charge is 0.493 e. The number of benzene rings is 1. The minimum atomic E-state index is 0.277. The molecule has 3 nitrogen and oxygen atoms in total. The topological polar surface area (TPSA) is 30.5 Å². The Hall–Kier alpha value is -1.22. The Kier molecular flexibility index (Phi) is 4.12. The maximum Gasteiger partial charge on any atom is 0.160 e. The van der Waals surface area contributed by atoms with Crippen molar-refractivity contribution in [2.45, 2.75) is 37.6 Å². The van der Waals surface area contributed by atoms with E-state index in [2.05, 4.69) is 24.5 Å². The molecular weight excluding hydrogens is 226 g/mol. The smallest absolute Gasteiger partial charge is 0.160 e. The summed E-state index contributed by atoms with van der Waals surface area (Å²) < 4.78 is 10.6. The molecule has 0 aliphatic heterocycles. The number of likely N-dealkylation sites (N-methyl/N-ethyl adjacent to an activating group) is 1. The molecule has 18 heavy (non-hydrogen) atoms. The number of methoxy groups -OCH3 is 2. The second-order valence-electron chi connectivity index (χ2n) is 5.10. The molecule has 2 rings (SSSR count). The van der Waals surface area contributed by atoms with Gasteiger partial charge in [-0.1, -0.05) is 18.9 Å². The Morgan fingerprint density at radius 3 is 2.33 bits per heavy atom. The summed E-state index contributed by atoms with van der Waals surface area (Å²) in [4.78, 5) is 0. The van der Waals surface area contributed by atoms with Crippen molar-refractivity contribution in [1.29, 1.82) is 0 Å². The van der Waals surface area contributed by atoms with Gasteiger partial charge in [0.25, 0.3) is 0 Å². The lowest BCUT2D eigenvalue weighted by atomic mass is 9.89. The van der Waals surface area contributed by atoms with Crippen LogP contribution in [0.5, 0.6) is 11.5 Å². The van der Waals surface area contributed by atoms with Crippen LogP contribution < -0.4 is 14.8 Å². The van der Waals surface area contributed by atoms with Crippen LogP contribution in [-0.2, 0) is 6.42 Å². The van der Waals surface area contributed by atoms with Crippen LogP contribution in [0.15, 0.2) is 18.2 Å². The monoisotopic (exact) mass is 249 g/mol. The highest BCUT2D eigenvalue weighted by atomic mass is 16.5. The standard InChI is InChI=1S/C15H23NO2/c1-16-15(8-4-5-9-15)11-12-6-7-13(17-2)14(10-12)18-3/h6-7,10,16H,4-5,8-9,11H2,1-3H3. The van der Waals surface area contributed by atoms with Crippen molar-refractivity contribution in [1.82, 2.24) is 5.32 Å². The highest BCUT2D eigenvalue weighted by molar-refractivity contribution is 5.43. The Labute approximate surface area is 109 Å². The third-order valence-corrected chi connectivity index (χ3v) is 4.08. The Bertz CT molecular complexity index is 397. The zero-order valence-electron chi connectivity index (χ0n) is 11.6. The summed E-state index contributed by atoms with van der Waals surface area (Å²) in [7, 11) is 5.43. The lowest BCUT2D eigenvalue weighted by molar-refractivity contribution is 0.346. The summed E-state index contributed by atoms with van der Waals surface area (Å²) >= 11 is 0. The number of nitrogens with one attached hydrogen (secondary N) is 1. The van der Waals surface area contributed by atoms with Crippen molar-refractivity contribution >= 4 is 0 Å². The fourth-order valence-corrected chi connectivity index (χ4v) is 2.95. The molecule has 1 aliphatic carbocycles. The average molecular weight is 249 g/mol. The molecule has 1 aromatic carbocycles. The maximum absolute atomic E-state index is 5.36. The molecule has 0 heterocycles. The van der Waals surface area contributed by atoms with Crippen molar-refractivity contribution in [2.24, 2.45) is 0 Å². The van der Waals surface area contributed by atoms with Gasteiger partial charge in [0.15, 0.2) is 11.5 Å². The van der Waals surface area contributed by atoms with Crippen molar-refractivity contribution < 1.29 is 9.47 Å². The first-order valence-electron chi connectivity index (χ1n) is 6.63. The van der Waals surface area contributed by atoms with E-state index in [1.54, 1.807) is 14.2 Å². The zero-order valence-corrected chi connectivity index (χ0v) is 11.6. The van der Waals surface area contributed by atoms with Crippen molar-refractivity contribution in [3.05, 3.63) is 23.8 Å². The maximum atomic E-state index is 5.36. The molecule has 1 aliphatic rings. The fraction of sp³-hybridized carbons (Fsp3) is 0.600. The second kappa shape index (κ2) is 5.61. The molecular formula is C15H23NO2. The van der Waals surface area contributed by atoms with Gasteiger partial charge in [0.05, 0.1) is 14.2 Å². The average Bonchev–Trinajstić information content (AvgIpc) is 2.87. The van der Waals surface area contributed by atoms with Crippen LogP contribution in [0.4, 0.5) is 0 Å². The number of rotatable bonds is 5. The molecule has 0 amide bonds. The van der Waals surface area contributed by atoms with Gasteiger partial charge >= 0.3 is 0 Å². The fourth-order valence-electron chi connectivity index (χ4n) is 2.95. The van der Waals surface area contributed by atoms with E-state index in [1.807, 2.05) is 6.07 Å². The molecule has 0 spiro atoms. The molecule has 3 heteroatoms. The lowest BCUT2D eigenvalue weighted by Gasteiger charge is -2.29. The van der Waals surface area contributed by atoms with Crippen molar-refractivity contribution in [3.63, 3.8) is 0 Å². The van der Waals surface area contributed by atoms with E-state index in [0.717, 1.165) is 17.9 Å². The molecule has 0 radical (unpaired) electrons. The number of ether oxygens (including phenoxy) is 2. The predicted molar refractivity (Wildman–Crippen MR) is 73.5 cm³/mol. The highest BCUT2D eigenvalue weighted by Crippen LogP contribution is 2.35. The van der Waals surface area contributed by atoms with Gasteiger partial charge in [-0.2, -0.15) is 0 Å². The molecule has 0 atom stereocenters. The first-order chi connectivity index (χ1) is 8.73. The number of hydrogen-bond donors (Lipinski definition) is 1. The summed E-state index contributed by atoms with van der Waals surface area (Å²) in [6.07, 6.45) is 6.24. The molecule has 0 aromatic heterocycles. The summed E-state index contributed by atoms with van der Waals surface area (Å²) in [5, 5.41) is 3.52. The van der Waals surface area contributed by atoms with E-state index in [4.69, 9.17) is 9.47 Å². The summed E-state index contributed by atoms with van der Waals surface area (Å²) in [5.41, 5.74) is 1.59. The summed E-state index contributed by atoms with van der Waals surface area (Å²) in [5.74, 6) is 1.62. The molecule has 0 unspecified atom stereocenters. The van der Waals surface area contributed by atoms with Crippen LogP contribution in [0, 0.1) is 0 Å². The molecule has 0 saturated heterocycles. The Balaban J connectivity index is 2.18. The first kappa shape index (κ1) is 13.2. The van der Waals surface area contributed by atoms with Gasteiger partial charge in [-0.05, 0) is 44.0 Å². The third kappa shape index (κ3) is 2.61. The molecule has 100 valence electrons. The van der Waals surface area contributed by atoms with E-state index in [0.29, 0.717) is 0 Å². The molecule has 1 N–H and O–H groups in total. The van der Waals surface area contributed by atoms with Crippen molar-refractivity contribution in [3.8, 4) is 11.5 Å². The molecule has 1 aromatic rings. The van der Waals surface area contributed by atoms with Gasteiger partial charge < -0.3 is 14.8 Å². The summed E-state index contributed by atoms with van der Waals surface area (Å²) in [6, 6.07) is 6.22. The minimum absolute atomic E-state index is 0.277. The summed E-state index contributed by atoms with van der Waals surface area (Å²) in [6.45, 7) is 0. The van der Waals surface area contributed by atoms with E-state index < -0.39 is 0 Å². The van der Waals surface area contributed by atoms with Gasteiger partial charge in [0.1, 0.15) is 0 Å². The predicted octanol–water partition coefficient (Wildman–Crippen LogP) is 2.78. The van der Waals surface area contributed by atoms with E-state index >= 15 is 0 Å². The van der Waals surface area contributed by atoms with E-state index in [9.17, 15) is 0 Å². The zero-order chi connectivity index (χ0) is 13.0. The van der Waals surface area contributed by atoms with E-state index in [-0.39, 0.29) is 5.54 Å². The van der Waals surface area contributed by atoms with Crippen LogP contribution in [0.3, 0.4) is 0 Å².